The Morgan fingerprint density at radius 1 is 1.16 bits per heavy atom. The number of benzene rings is 1. The third-order valence-corrected chi connectivity index (χ3v) is 6.62. The largest absolute Gasteiger partial charge is 0.497 e. The molecule has 2 atom stereocenters. The third kappa shape index (κ3) is 3.29. The van der Waals surface area contributed by atoms with Gasteiger partial charge in [0.2, 0.25) is 5.91 Å². The van der Waals surface area contributed by atoms with Crippen LogP contribution in [-0.2, 0) is 4.79 Å². The monoisotopic (exact) mass is 342 g/mol. The Morgan fingerprint density at radius 3 is 2.64 bits per heavy atom. The van der Waals surface area contributed by atoms with E-state index in [1.807, 2.05) is 12.1 Å². The van der Waals surface area contributed by atoms with E-state index >= 15 is 0 Å². The molecule has 0 bridgehead atoms. The highest BCUT2D eigenvalue weighted by Gasteiger charge is 2.59. The van der Waals surface area contributed by atoms with Crippen molar-refractivity contribution in [2.75, 3.05) is 26.7 Å². The molecule has 3 fully saturated rings. The molecule has 1 aromatic carbocycles. The van der Waals surface area contributed by atoms with Crippen molar-refractivity contribution in [3.8, 4) is 5.75 Å². The number of carbonyl (C=O) groups is 1. The molecule has 2 aliphatic heterocycles. The zero-order valence-corrected chi connectivity index (χ0v) is 15.3. The Labute approximate surface area is 150 Å². The molecule has 1 aliphatic carbocycles. The van der Waals surface area contributed by atoms with Crippen LogP contribution in [0.25, 0.3) is 0 Å². The lowest BCUT2D eigenvalue weighted by atomic mass is 9.91. The number of ether oxygens (including phenoxy) is 1. The van der Waals surface area contributed by atoms with Crippen LogP contribution in [0.5, 0.6) is 5.75 Å². The first-order valence-electron chi connectivity index (χ1n) is 9.89. The van der Waals surface area contributed by atoms with E-state index in [1.165, 1.54) is 31.2 Å². The van der Waals surface area contributed by atoms with Crippen LogP contribution >= 0.6 is 0 Å². The zero-order valence-electron chi connectivity index (χ0n) is 15.3. The number of hydrogen-bond donors (Lipinski definition) is 1. The summed E-state index contributed by atoms with van der Waals surface area (Å²) in [6, 6.07) is 8.56. The van der Waals surface area contributed by atoms with E-state index in [-0.39, 0.29) is 12.0 Å². The molecule has 1 amide bonds. The fourth-order valence-electron chi connectivity index (χ4n) is 4.92. The second kappa shape index (κ2) is 6.99. The van der Waals surface area contributed by atoms with E-state index in [1.54, 1.807) is 7.11 Å². The quantitative estimate of drug-likeness (QED) is 0.914. The molecular formula is C21H30N2O2. The van der Waals surface area contributed by atoms with Crippen LogP contribution in [0.15, 0.2) is 24.3 Å². The molecule has 4 heteroatoms. The molecule has 2 saturated heterocycles. The van der Waals surface area contributed by atoms with E-state index in [4.69, 9.17) is 4.74 Å². The van der Waals surface area contributed by atoms with Crippen LogP contribution in [0.2, 0.25) is 0 Å². The van der Waals surface area contributed by atoms with Crippen LogP contribution in [0.4, 0.5) is 0 Å². The number of rotatable bonds is 3. The maximum Gasteiger partial charge on any atom is 0.226 e. The molecule has 2 unspecified atom stereocenters. The van der Waals surface area contributed by atoms with Gasteiger partial charge in [0, 0.05) is 12.5 Å². The molecular weight excluding hydrogens is 312 g/mol. The molecule has 1 saturated carbocycles. The van der Waals surface area contributed by atoms with E-state index in [9.17, 15) is 4.79 Å². The van der Waals surface area contributed by atoms with Crippen molar-refractivity contribution in [1.29, 1.82) is 0 Å². The van der Waals surface area contributed by atoms with E-state index < -0.39 is 0 Å². The normalized spacial score (nSPS) is 28.4. The standard InChI is InChI=1S/C21H30N2O2/c1-25-17-8-6-16(7-9-17)19-5-3-2-4-14-23(19)20(24)18-15-21(18)10-12-22-13-11-21/h6-9,18-19,22H,2-5,10-15H2,1H3. The van der Waals surface area contributed by atoms with E-state index in [2.05, 4.69) is 22.3 Å². The highest BCUT2D eigenvalue weighted by atomic mass is 16.5. The van der Waals surface area contributed by atoms with E-state index in [0.29, 0.717) is 11.3 Å². The first-order chi connectivity index (χ1) is 12.2. The molecule has 25 heavy (non-hydrogen) atoms. The van der Waals surface area contributed by atoms with Crippen molar-refractivity contribution < 1.29 is 9.53 Å². The highest BCUT2D eigenvalue weighted by Crippen LogP contribution is 2.59. The Bertz CT molecular complexity index is 607. The van der Waals surface area contributed by atoms with Gasteiger partial charge < -0.3 is 15.0 Å². The van der Waals surface area contributed by atoms with Crippen molar-refractivity contribution in [2.24, 2.45) is 11.3 Å². The number of nitrogens with zero attached hydrogens (tertiary/aromatic N) is 1. The smallest absolute Gasteiger partial charge is 0.226 e. The lowest BCUT2D eigenvalue weighted by Gasteiger charge is -2.32. The molecule has 0 aromatic heterocycles. The average molecular weight is 342 g/mol. The Kier molecular flexibility index (Phi) is 4.72. The molecule has 136 valence electrons. The van der Waals surface area contributed by atoms with Gasteiger partial charge in [0.25, 0.3) is 0 Å². The van der Waals surface area contributed by atoms with Crippen LogP contribution < -0.4 is 10.1 Å². The van der Waals surface area contributed by atoms with Gasteiger partial charge in [0.15, 0.2) is 0 Å². The number of hydrogen-bond acceptors (Lipinski definition) is 3. The third-order valence-electron chi connectivity index (χ3n) is 6.62. The minimum absolute atomic E-state index is 0.236. The first kappa shape index (κ1) is 16.9. The summed E-state index contributed by atoms with van der Waals surface area (Å²) in [5.74, 6) is 1.57. The predicted octanol–water partition coefficient (Wildman–Crippen LogP) is 3.53. The fourth-order valence-corrected chi connectivity index (χ4v) is 4.92. The molecule has 1 N–H and O–H groups in total. The van der Waals surface area contributed by atoms with E-state index in [0.717, 1.165) is 44.6 Å². The van der Waals surface area contributed by atoms with Gasteiger partial charge in [-0.2, -0.15) is 0 Å². The van der Waals surface area contributed by atoms with Crippen molar-refractivity contribution in [3.05, 3.63) is 29.8 Å². The number of methoxy groups -OCH3 is 1. The van der Waals surface area contributed by atoms with Crippen molar-refractivity contribution in [3.63, 3.8) is 0 Å². The van der Waals surface area contributed by atoms with Gasteiger partial charge in [-0.15, -0.1) is 0 Å². The second-order valence-electron chi connectivity index (χ2n) is 8.04. The van der Waals surface area contributed by atoms with Gasteiger partial charge in [-0.05, 0) is 68.3 Å². The minimum Gasteiger partial charge on any atom is -0.497 e. The van der Waals surface area contributed by atoms with Crippen molar-refractivity contribution in [1.82, 2.24) is 10.2 Å². The molecule has 2 heterocycles. The molecule has 0 radical (unpaired) electrons. The molecule has 1 aromatic rings. The first-order valence-corrected chi connectivity index (χ1v) is 9.89. The minimum atomic E-state index is 0.236. The summed E-state index contributed by atoms with van der Waals surface area (Å²) in [5, 5.41) is 3.44. The van der Waals surface area contributed by atoms with Gasteiger partial charge >= 0.3 is 0 Å². The summed E-state index contributed by atoms with van der Waals surface area (Å²) >= 11 is 0. The van der Waals surface area contributed by atoms with Gasteiger partial charge in [0.05, 0.1) is 13.2 Å². The van der Waals surface area contributed by atoms with Crippen molar-refractivity contribution in [2.45, 2.75) is 51.0 Å². The lowest BCUT2D eigenvalue weighted by molar-refractivity contribution is -0.136. The maximum atomic E-state index is 13.4. The van der Waals surface area contributed by atoms with Crippen LogP contribution in [0, 0.1) is 11.3 Å². The Morgan fingerprint density at radius 2 is 1.92 bits per heavy atom. The summed E-state index contributed by atoms with van der Waals surface area (Å²) in [4.78, 5) is 15.6. The predicted molar refractivity (Wildman–Crippen MR) is 98.6 cm³/mol. The fraction of sp³-hybridized carbons (Fsp3) is 0.667. The number of carbonyl (C=O) groups excluding carboxylic acids is 1. The second-order valence-corrected chi connectivity index (χ2v) is 8.04. The average Bonchev–Trinajstić information content (AvgIpc) is 3.40. The topological polar surface area (TPSA) is 41.6 Å². The Balaban J connectivity index is 1.53. The summed E-state index contributed by atoms with van der Waals surface area (Å²) in [5.41, 5.74) is 1.58. The van der Waals surface area contributed by atoms with Gasteiger partial charge in [-0.3, -0.25) is 4.79 Å². The van der Waals surface area contributed by atoms with Gasteiger partial charge in [0.1, 0.15) is 5.75 Å². The molecule has 1 spiro atoms. The summed E-state index contributed by atoms with van der Waals surface area (Å²) in [6.07, 6.45) is 8.11. The zero-order chi connectivity index (χ0) is 17.3. The molecule has 4 rings (SSSR count). The number of amides is 1. The lowest BCUT2D eigenvalue weighted by Crippen LogP contribution is -2.38. The van der Waals surface area contributed by atoms with Gasteiger partial charge in [-0.25, -0.2) is 0 Å². The van der Waals surface area contributed by atoms with Crippen molar-refractivity contribution >= 4 is 5.91 Å². The maximum absolute atomic E-state index is 13.4. The SMILES string of the molecule is COc1ccc(C2CCCCCN2C(=O)C2CC23CCNCC3)cc1. The summed E-state index contributed by atoms with van der Waals surface area (Å²) in [6.45, 7) is 3.07. The molecule has 4 nitrogen and oxygen atoms in total. The number of piperidine rings is 1. The molecule has 3 aliphatic rings. The highest BCUT2D eigenvalue weighted by molar-refractivity contribution is 5.83. The summed E-state index contributed by atoms with van der Waals surface area (Å²) in [7, 11) is 1.70. The van der Waals surface area contributed by atoms with Crippen LogP contribution in [0.3, 0.4) is 0 Å². The number of likely N-dealkylation sites (tertiary alicyclic amines) is 1. The van der Waals surface area contributed by atoms with Crippen LogP contribution in [0.1, 0.15) is 56.6 Å². The Hall–Kier alpha value is -1.55. The van der Waals surface area contributed by atoms with Crippen LogP contribution in [-0.4, -0.2) is 37.6 Å². The van der Waals surface area contributed by atoms with Gasteiger partial charge in [-0.1, -0.05) is 25.0 Å². The number of nitrogens with one attached hydrogen (secondary N) is 1. The summed E-state index contributed by atoms with van der Waals surface area (Å²) < 4.78 is 5.29.